The quantitative estimate of drug-likeness (QED) is 0.668. The van der Waals surface area contributed by atoms with E-state index in [-0.39, 0.29) is 0 Å². The number of benzene rings is 1. The van der Waals surface area contributed by atoms with Gasteiger partial charge in [-0.25, -0.2) is 0 Å². The van der Waals surface area contributed by atoms with Gasteiger partial charge in [-0.15, -0.1) is 0 Å². The fraction of sp³-hybridized carbons (Fsp3) is 0.417. The van der Waals surface area contributed by atoms with E-state index >= 15 is 0 Å². The zero-order valence-electron chi connectivity index (χ0n) is 8.45. The third-order valence-electron chi connectivity index (χ3n) is 2.83. The highest BCUT2D eigenvalue weighted by Crippen LogP contribution is 2.21. The first-order chi connectivity index (χ1) is 6.81. The Morgan fingerprint density at radius 1 is 1.50 bits per heavy atom. The Morgan fingerprint density at radius 2 is 2.36 bits per heavy atom. The Kier molecular flexibility index (Phi) is 2.51. The molecular formula is C12H14N2. The zero-order valence-corrected chi connectivity index (χ0v) is 8.45. The number of nitrogens with zero attached hydrogens (tertiary/aromatic N) is 2. The second-order valence-electron chi connectivity index (χ2n) is 3.88. The summed E-state index contributed by atoms with van der Waals surface area (Å²) in [7, 11) is 2.13. The molecule has 1 aromatic carbocycles. The second-order valence-corrected chi connectivity index (χ2v) is 3.88. The van der Waals surface area contributed by atoms with Gasteiger partial charge in [-0.05, 0) is 30.2 Å². The van der Waals surface area contributed by atoms with E-state index in [2.05, 4.69) is 36.2 Å². The fourth-order valence-corrected chi connectivity index (χ4v) is 2.04. The van der Waals surface area contributed by atoms with Gasteiger partial charge in [0.05, 0.1) is 12.5 Å². The highest BCUT2D eigenvalue weighted by Gasteiger charge is 2.15. The minimum atomic E-state index is 0.539. The molecule has 2 nitrogen and oxygen atoms in total. The second kappa shape index (κ2) is 3.81. The number of rotatable bonds is 1. The summed E-state index contributed by atoms with van der Waals surface area (Å²) < 4.78 is 0. The van der Waals surface area contributed by atoms with Crippen LogP contribution >= 0.6 is 0 Å². The predicted octanol–water partition coefficient (Wildman–Crippen LogP) is 1.74. The lowest BCUT2D eigenvalue weighted by Crippen LogP contribution is -2.27. The van der Waals surface area contributed by atoms with Crippen LogP contribution in [0.3, 0.4) is 0 Å². The maximum atomic E-state index is 8.72. The molecule has 1 heterocycles. The summed E-state index contributed by atoms with van der Waals surface area (Å²) in [5, 5.41) is 8.72. The van der Waals surface area contributed by atoms with Crippen molar-refractivity contribution in [3.05, 3.63) is 34.9 Å². The van der Waals surface area contributed by atoms with Gasteiger partial charge in [-0.1, -0.05) is 18.2 Å². The largest absolute Gasteiger partial charge is 0.302 e. The normalized spacial score (nSPS) is 16.0. The molecule has 0 spiro atoms. The van der Waals surface area contributed by atoms with Gasteiger partial charge in [-0.2, -0.15) is 5.26 Å². The first-order valence-electron chi connectivity index (χ1n) is 4.96. The topological polar surface area (TPSA) is 27.0 Å². The molecule has 0 amide bonds. The average molecular weight is 186 g/mol. The van der Waals surface area contributed by atoms with E-state index in [1.54, 1.807) is 0 Å². The smallest absolute Gasteiger partial charge is 0.0669 e. The van der Waals surface area contributed by atoms with E-state index in [0.717, 1.165) is 19.5 Å². The van der Waals surface area contributed by atoms with Crippen molar-refractivity contribution in [3.8, 4) is 6.07 Å². The van der Waals surface area contributed by atoms with Crippen LogP contribution in [-0.4, -0.2) is 18.5 Å². The van der Waals surface area contributed by atoms with Gasteiger partial charge in [0.2, 0.25) is 0 Å². The Labute approximate surface area is 84.8 Å². The van der Waals surface area contributed by atoms with Crippen LogP contribution in [0.4, 0.5) is 0 Å². The van der Waals surface area contributed by atoms with Crippen LogP contribution in [0.15, 0.2) is 18.2 Å². The molecule has 14 heavy (non-hydrogen) atoms. The van der Waals surface area contributed by atoms with Crippen molar-refractivity contribution >= 4 is 0 Å². The third kappa shape index (κ3) is 1.64. The molecule has 2 rings (SSSR count). The predicted molar refractivity (Wildman–Crippen MR) is 55.8 cm³/mol. The summed E-state index contributed by atoms with van der Waals surface area (Å²) in [6.07, 6.45) is 1.65. The SMILES string of the molecule is CN1CCc2cccc(CC#N)c2C1. The maximum absolute atomic E-state index is 8.72. The van der Waals surface area contributed by atoms with Crippen molar-refractivity contribution in [1.82, 2.24) is 4.90 Å². The van der Waals surface area contributed by atoms with E-state index in [4.69, 9.17) is 5.26 Å². The molecule has 1 aliphatic rings. The van der Waals surface area contributed by atoms with Crippen LogP contribution in [-0.2, 0) is 19.4 Å². The standard InChI is InChI=1S/C12H14N2/c1-14-8-6-11-4-2-3-10(5-7-13)12(11)9-14/h2-4H,5-6,8-9H2,1H3. The first-order valence-corrected chi connectivity index (χ1v) is 4.96. The monoisotopic (exact) mass is 186 g/mol. The summed E-state index contributed by atoms with van der Waals surface area (Å²) in [5.41, 5.74) is 4.01. The van der Waals surface area contributed by atoms with Crippen molar-refractivity contribution in [2.75, 3.05) is 13.6 Å². The highest BCUT2D eigenvalue weighted by molar-refractivity contribution is 5.38. The summed E-state index contributed by atoms with van der Waals surface area (Å²) in [5.74, 6) is 0. The first kappa shape index (κ1) is 9.23. The maximum Gasteiger partial charge on any atom is 0.0669 e. The summed E-state index contributed by atoms with van der Waals surface area (Å²) in [6, 6.07) is 8.55. The number of hydrogen-bond donors (Lipinski definition) is 0. The van der Waals surface area contributed by atoms with Crippen molar-refractivity contribution in [3.63, 3.8) is 0 Å². The summed E-state index contributed by atoms with van der Waals surface area (Å²) in [4.78, 5) is 2.31. The molecule has 2 heteroatoms. The molecule has 0 atom stereocenters. The van der Waals surface area contributed by atoms with Gasteiger partial charge in [-0.3, -0.25) is 0 Å². The molecule has 1 aromatic rings. The van der Waals surface area contributed by atoms with Gasteiger partial charge in [0.25, 0.3) is 0 Å². The van der Waals surface area contributed by atoms with E-state index in [1.165, 1.54) is 16.7 Å². The zero-order chi connectivity index (χ0) is 9.97. The molecule has 0 N–H and O–H groups in total. The molecular weight excluding hydrogens is 172 g/mol. The molecule has 1 aliphatic heterocycles. The van der Waals surface area contributed by atoms with Crippen LogP contribution in [0.25, 0.3) is 0 Å². The molecule has 0 fully saturated rings. The van der Waals surface area contributed by atoms with E-state index < -0.39 is 0 Å². The number of hydrogen-bond acceptors (Lipinski definition) is 2. The van der Waals surface area contributed by atoms with Gasteiger partial charge in [0.1, 0.15) is 0 Å². The van der Waals surface area contributed by atoms with Crippen molar-refractivity contribution in [1.29, 1.82) is 5.26 Å². The van der Waals surface area contributed by atoms with Crippen molar-refractivity contribution in [2.45, 2.75) is 19.4 Å². The number of likely N-dealkylation sites (N-methyl/N-ethyl adjacent to an activating group) is 1. The highest BCUT2D eigenvalue weighted by atomic mass is 15.1. The molecule has 0 aromatic heterocycles. The summed E-state index contributed by atoms with van der Waals surface area (Å²) in [6.45, 7) is 2.12. The lowest BCUT2D eigenvalue weighted by atomic mass is 9.94. The Bertz CT molecular complexity index is 376. The number of fused-ring (bicyclic) bond motifs is 1. The van der Waals surface area contributed by atoms with Crippen LogP contribution in [0.5, 0.6) is 0 Å². The van der Waals surface area contributed by atoms with Crippen LogP contribution < -0.4 is 0 Å². The average Bonchev–Trinajstić information content (AvgIpc) is 2.19. The summed E-state index contributed by atoms with van der Waals surface area (Å²) >= 11 is 0. The van der Waals surface area contributed by atoms with E-state index in [1.807, 2.05) is 0 Å². The van der Waals surface area contributed by atoms with E-state index in [9.17, 15) is 0 Å². The molecule has 0 saturated heterocycles. The van der Waals surface area contributed by atoms with Crippen LogP contribution in [0.1, 0.15) is 16.7 Å². The molecule has 0 saturated carbocycles. The molecule has 0 bridgehead atoms. The minimum Gasteiger partial charge on any atom is -0.302 e. The molecule has 0 aliphatic carbocycles. The number of nitriles is 1. The van der Waals surface area contributed by atoms with Gasteiger partial charge < -0.3 is 4.90 Å². The van der Waals surface area contributed by atoms with Crippen LogP contribution in [0, 0.1) is 11.3 Å². The van der Waals surface area contributed by atoms with Crippen molar-refractivity contribution in [2.24, 2.45) is 0 Å². The van der Waals surface area contributed by atoms with Crippen molar-refractivity contribution < 1.29 is 0 Å². The molecule has 72 valence electrons. The molecule has 0 radical (unpaired) electrons. The lowest BCUT2D eigenvalue weighted by Gasteiger charge is -2.26. The van der Waals surface area contributed by atoms with Crippen LogP contribution in [0.2, 0.25) is 0 Å². The Morgan fingerprint density at radius 3 is 3.14 bits per heavy atom. The van der Waals surface area contributed by atoms with Gasteiger partial charge in [0, 0.05) is 13.1 Å². The Hall–Kier alpha value is -1.33. The van der Waals surface area contributed by atoms with Gasteiger partial charge in [0.15, 0.2) is 0 Å². The minimum absolute atomic E-state index is 0.539. The molecule has 0 unspecified atom stereocenters. The third-order valence-corrected chi connectivity index (χ3v) is 2.83. The van der Waals surface area contributed by atoms with Gasteiger partial charge >= 0.3 is 0 Å². The fourth-order valence-electron chi connectivity index (χ4n) is 2.04. The van der Waals surface area contributed by atoms with E-state index in [0.29, 0.717) is 6.42 Å². The Balaban J connectivity index is 2.39. The lowest BCUT2D eigenvalue weighted by molar-refractivity contribution is 0.312.